The van der Waals surface area contributed by atoms with Crippen molar-refractivity contribution in [1.82, 2.24) is 0 Å². The van der Waals surface area contributed by atoms with Gasteiger partial charge in [0.2, 0.25) is 0 Å². The number of carboxylic acids is 2. The fourth-order valence-corrected chi connectivity index (χ4v) is 0.642. The van der Waals surface area contributed by atoms with Gasteiger partial charge in [0.1, 0.15) is 0 Å². The summed E-state index contributed by atoms with van der Waals surface area (Å²) in [6.07, 6.45) is 3.74. The summed E-state index contributed by atoms with van der Waals surface area (Å²) in [5.41, 5.74) is 0. The quantitative estimate of drug-likeness (QED) is 0.547. The van der Waals surface area contributed by atoms with Crippen molar-refractivity contribution in [3.63, 3.8) is 0 Å². The van der Waals surface area contributed by atoms with Crippen LogP contribution in [0, 0.1) is 0 Å². The topological polar surface area (TPSA) is 112 Å². The van der Waals surface area contributed by atoms with E-state index in [1.54, 1.807) is 0 Å². The van der Waals surface area contributed by atoms with Crippen LogP contribution in [0.15, 0.2) is 0 Å². The molecule has 0 saturated heterocycles. The molecule has 0 aliphatic heterocycles. The molecule has 0 atom stereocenters. The summed E-state index contributed by atoms with van der Waals surface area (Å²) in [5.74, 6) is -1.89. The van der Waals surface area contributed by atoms with E-state index < -0.39 is 11.9 Å². The summed E-state index contributed by atoms with van der Waals surface area (Å²) < 4.78 is 0. The van der Waals surface area contributed by atoms with E-state index in [0.29, 0.717) is 0 Å². The molecule has 0 aromatic rings. The third-order valence-corrected chi connectivity index (χ3v) is 1.47. The number of unbranched alkanes of at least 4 members (excludes halogenated alkanes) is 2. The zero-order valence-corrected chi connectivity index (χ0v) is 14.5. The van der Waals surface area contributed by atoms with E-state index in [9.17, 15) is 19.8 Å². The standard InChI is InChI=1S/2C5H10O2.Ba.H2O/c2*1-2-3-4-5(6)7;;/h2*2-4H2,1H3,(H,6,7);;1H2/q;;+2;/p-2. The Kier molecular flexibility index (Phi) is 33.0. The van der Waals surface area contributed by atoms with E-state index in [2.05, 4.69) is 0 Å². The molecule has 6 heteroatoms. The first-order chi connectivity index (χ1) is 6.54. The van der Waals surface area contributed by atoms with Crippen LogP contribution in [-0.4, -0.2) is 66.3 Å². The van der Waals surface area contributed by atoms with Crippen molar-refractivity contribution in [2.45, 2.75) is 52.4 Å². The van der Waals surface area contributed by atoms with Gasteiger partial charge >= 0.3 is 48.9 Å². The number of hydrogen-bond acceptors (Lipinski definition) is 4. The SMILES string of the molecule is CCCCC(=O)[O-].CCCCC(=O)[O-].O.[Ba+2]. The maximum Gasteiger partial charge on any atom is 2.00 e. The summed E-state index contributed by atoms with van der Waals surface area (Å²) >= 11 is 0. The molecular weight excluding hydrogens is 337 g/mol. The van der Waals surface area contributed by atoms with Crippen molar-refractivity contribution >= 4 is 60.8 Å². The molecule has 2 N–H and O–H groups in total. The van der Waals surface area contributed by atoms with Crippen LogP contribution in [0.2, 0.25) is 0 Å². The maximum atomic E-state index is 9.65. The molecule has 0 aliphatic carbocycles. The van der Waals surface area contributed by atoms with Crippen LogP contribution in [0.25, 0.3) is 0 Å². The van der Waals surface area contributed by atoms with Gasteiger partial charge in [0.15, 0.2) is 0 Å². The van der Waals surface area contributed by atoms with Gasteiger partial charge in [-0.2, -0.15) is 0 Å². The summed E-state index contributed by atoms with van der Waals surface area (Å²) in [7, 11) is 0. The average molecular weight is 358 g/mol. The Morgan fingerprint density at radius 3 is 1.19 bits per heavy atom. The number of aliphatic carboxylic acids is 2. The third-order valence-electron chi connectivity index (χ3n) is 1.47. The van der Waals surface area contributed by atoms with Crippen LogP contribution in [-0.2, 0) is 9.59 Å². The van der Waals surface area contributed by atoms with Gasteiger partial charge in [0, 0.05) is 11.9 Å². The van der Waals surface area contributed by atoms with Crippen LogP contribution in [0.5, 0.6) is 0 Å². The van der Waals surface area contributed by atoms with Crippen LogP contribution in [0.1, 0.15) is 52.4 Å². The van der Waals surface area contributed by atoms with Crippen molar-refractivity contribution < 1.29 is 25.3 Å². The van der Waals surface area contributed by atoms with E-state index in [1.807, 2.05) is 13.8 Å². The molecule has 16 heavy (non-hydrogen) atoms. The average Bonchev–Trinajstić information content (AvgIpc) is 2.12. The molecule has 0 saturated carbocycles. The van der Waals surface area contributed by atoms with Crippen LogP contribution >= 0.6 is 0 Å². The predicted molar refractivity (Wildman–Crippen MR) is 58.4 cm³/mol. The predicted octanol–water partition coefficient (Wildman–Crippen LogP) is -1.35. The fourth-order valence-electron chi connectivity index (χ4n) is 0.642. The summed E-state index contributed by atoms with van der Waals surface area (Å²) in [6.45, 7) is 3.89. The molecule has 0 rings (SSSR count). The smallest absolute Gasteiger partial charge is 0.550 e. The zero-order chi connectivity index (χ0) is 11.4. The third kappa shape index (κ3) is 36.6. The second-order valence-electron chi connectivity index (χ2n) is 2.95. The van der Waals surface area contributed by atoms with Gasteiger partial charge in [0.25, 0.3) is 0 Å². The largest absolute Gasteiger partial charge is 2.00 e. The van der Waals surface area contributed by atoms with Gasteiger partial charge in [-0.25, -0.2) is 0 Å². The van der Waals surface area contributed by atoms with E-state index in [0.717, 1.165) is 25.7 Å². The Bertz CT molecular complexity index is 143. The molecule has 92 valence electrons. The normalized spacial score (nSPS) is 7.62. The number of carboxylic acid groups (broad SMARTS) is 2. The molecule has 0 unspecified atom stereocenters. The molecule has 0 heterocycles. The molecule has 0 amide bonds. The number of hydrogen-bond donors (Lipinski definition) is 0. The number of rotatable bonds is 6. The van der Waals surface area contributed by atoms with Crippen molar-refractivity contribution in [1.29, 1.82) is 0 Å². The van der Waals surface area contributed by atoms with Crippen LogP contribution < -0.4 is 10.2 Å². The number of carbonyl (C=O) groups is 2. The molecular formula is C10H20BaO5. The molecule has 0 aromatic carbocycles. The molecule has 0 fully saturated rings. The maximum absolute atomic E-state index is 9.65. The van der Waals surface area contributed by atoms with Crippen LogP contribution in [0.3, 0.4) is 0 Å². The second-order valence-corrected chi connectivity index (χ2v) is 2.95. The van der Waals surface area contributed by atoms with Gasteiger partial charge in [-0.15, -0.1) is 0 Å². The summed E-state index contributed by atoms with van der Waals surface area (Å²) in [4.78, 5) is 19.3. The monoisotopic (exact) mass is 358 g/mol. The van der Waals surface area contributed by atoms with Gasteiger partial charge < -0.3 is 25.3 Å². The minimum absolute atomic E-state index is 0. The van der Waals surface area contributed by atoms with Gasteiger partial charge in [-0.1, -0.05) is 26.7 Å². The minimum atomic E-state index is -0.943. The van der Waals surface area contributed by atoms with E-state index >= 15 is 0 Å². The first-order valence-electron chi connectivity index (χ1n) is 4.94. The Hall–Kier alpha value is 0.471. The minimum Gasteiger partial charge on any atom is -0.550 e. The van der Waals surface area contributed by atoms with Crippen molar-refractivity contribution in [3.8, 4) is 0 Å². The number of carbonyl (C=O) groups excluding carboxylic acids is 2. The van der Waals surface area contributed by atoms with Crippen molar-refractivity contribution in [2.24, 2.45) is 0 Å². The zero-order valence-electron chi connectivity index (χ0n) is 10.1. The van der Waals surface area contributed by atoms with E-state index in [4.69, 9.17) is 0 Å². The van der Waals surface area contributed by atoms with Gasteiger partial charge in [-0.05, 0) is 25.7 Å². The Morgan fingerprint density at radius 2 is 1.12 bits per heavy atom. The van der Waals surface area contributed by atoms with E-state index in [-0.39, 0.29) is 67.2 Å². The Morgan fingerprint density at radius 1 is 0.875 bits per heavy atom. The Balaban J connectivity index is -0.0000000800. The van der Waals surface area contributed by atoms with E-state index in [1.165, 1.54) is 0 Å². The van der Waals surface area contributed by atoms with Crippen molar-refractivity contribution in [2.75, 3.05) is 0 Å². The van der Waals surface area contributed by atoms with Gasteiger partial charge in [-0.3, -0.25) is 0 Å². The second kappa shape index (κ2) is 20.8. The molecule has 0 aliphatic rings. The molecule has 0 spiro atoms. The molecule has 0 radical (unpaired) electrons. The summed E-state index contributed by atoms with van der Waals surface area (Å²) in [5, 5.41) is 19.3. The molecule has 0 bridgehead atoms. The van der Waals surface area contributed by atoms with Crippen LogP contribution in [0.4, 0.5) is 0 Å². The molecule has 0 aromatic heterocycles. The Labute approximate surface area is 137 Å². The summed E-state index contributed by atoms with van der Waals surface area (Å²) in [6, 6.07) is 0. The fraction of sp³-hybridized carbons (Fsp3) is 0.800. The first-order valence-corrected chi connectivity index (χ1v) is 4.94. The van der Waals surface area contributed by atoms with Gasteiger partial charge in [0.05, 0.1) is 0 Å². The molecule has 5 nitrogen and oxygen atoms in total. The van der Waals surface area contributed by atoms with Crippen molar-refractivity contribution in [3.05, 3.63) is 0 Å². The first kappa shape index (κ1) is 25.3.